The Balaban J connectivity index is 0.00000274. The first-order valence-electron chi connectivity index (χ1n) is 11.3. The number of carbonyl (C=O) groups excluding carboxylic acids is 2. The topological polar surface area (TPSA) is 97.4 Å². The first kappa shape index (κ1) is 24.3. The number of hydrogen-bond donors (Lipinski definition) is 1. The summed E-state index contributed by atoms with van der Waals surface area (Å²) in [6.45, 7) is 0.120. The van der Waals surface area contributed by atoms with Gasteiger partial charge in [-0.3, -0.25) is 4.79 Å². The van der Waals surface area contributed by atoms with E-state index >= 15 is 0 Å². The van der Waals surface area contributed by atoms with Crippen molar-refractivity contribution in [2.45, 2.75) is 38.6 Å². The Morgan fingerprint density at radius 2 is 1.76 bits per heavy atom. The van der Waals surface area contributed by atoms with Gasteiger partial charge in [0.15, 0.2) is 0 Å². The Bertz CT molecular complexity index is 1380. The van der Waals surface area contributed by atoms with Gasteiger partial charge >= 0.3 is 29.6 Å². The summed E-state index contributed by atoms with van der Waals surface area (Å²) in [5.41, 5.74) is 12.0. The second kappa shape index (κ2) is 10.2. The van der Waals surface area contributed by atoms with E-state index in [1.54, 1.807) is 0 Å². The number of carboxylic acid groups (broad SMARTS) is 1. The van der Waals surface area contributed by atoms with E-state index in [4.69, 9.17) is 10.5 Å². The van der Waals surface area contributed by atoms with Crippen LogP contribution in [-0.4, -0.2) is 23.1 Å². The summed E-state index contributed by atoms with van der Waals surface area (Å²) in [7, 11) is 0. The molecule has 1 heterocycles. The van der Waals surface area contributed by atoms with E-state index in [0.29, 0.717) is 12.3 Å². The maximum atomic E-state index is 11.9. The predicted molar refractivity (Wildman–Crippen MR) is 125 cm³/mol. The van der Waals surface area contributed by atoms with Crippen LogP contribution in [0.25, 0.3) is 21.8 Å². The van der Waals surface area contributed by atoms with Crippen molar-refractivity contribution in [1.29, 1.82) is 0 Å². The minimum atomic E-state index is -1.27. The molecule has 1 aliphatic carbocycles. The van der Waals surface area contributed by atoms with Gasteiger partial charge in [0.05, 0.1) is 23.3 Å². The van der Waals surface area contributed by atoms with Crippen LogP contribution in [0.2, 0.25) is 0 Å². The molecule has 0 atom stereocenters. The molecule has 3 aromatic carbocycles. The molecule has 1 aliphatic rings. The van der Waals surface area contributed by atoms with Gasteiger partial charge in [0.1, 0.15) is 12.4 Å². The summed E-state index contributed by atoms with van der Waals surface area (Å²) in [5.74, 6) is -1.17. The van der Waals surface area contributed by atoms with Gasteiger partial charge in [-0.1, -0.05) is 42.5 Å². The maximum absolute atomic E-state index is 11.9. The largest absolute Gasteiger partial charge is 1.00 e. The Morgan fingerprint density at radius 3 is 2.50 bits per heavy atom. The zero-order valence-electron chi connectivity index (χ0n) is 19.3. The predicted octanol–water partition coefficient (Wildman–Crippen LogP) is -0.118. The summed E-state index contributed by atoms with van der Waals surface area (Å²) in [5, 5.41) is 13.0. The second-order valence-corrected chi connectivity index (χ2v) is 8.63. The molecule has 0 fully saturated rings. The van der Waals surface area contributed by atoms with Crippen LogP contribution >= 0.6 is 0 Å². The third-order valence-corrected chi connectivity index (χ3v) is 6.42. The molecule has 2 N–H and O–H groups in total. The number of carboxylic acids is 1. The summed E-state index contributed by atoms with van der Waals surface area (Å²) >= 11 is 0. The molecule has 0 unspecified atom stereocenters. The Kier molecular flexibility index (Phi) is 7.31. The number of primary amides is 1. The number of carbonyl (C=O) groups is 2. The molecule has 7 heteroatoms. The van der Waals surface area contributed by atoms with Gasteiger partial charge in [-0.25, -0.2) is 0 Å². The van der Waals surface area contributed by atoms with Crippen molar-refractivity contribution < 1.29 is 49.0 Å². The Hall–Kier alpha value is -2.80. The van der Waals surface area contributed by atoms with Gasteiger partial charge in [0.2, 0.25) is 5.91 Å². The van der Waals surface area contributed by atoms with Crippen molar-refractivity contribution in [2.75, 3.05) is 6.61 Å². The van der Waals surface area contributed by atoms with Crippen molar-refractivity contribution in [3.63, 3.8) is 0 Å². The SMILES string of the molecule is NC(=O)Cc1cccc2c1c1c(OCC(=O)[O-])cc3c(c1n2Cc1ccccc1)CCCC3.[Na+]. The maximum Gasteiger partial charge on any atom is 1.00 e. The number of benzene rings is 3. The molecule has 1 amide bonds. The molecule has 0 radical (unpaired) electrons. The van der Waals surface area contributed by atoms with Crippen LogP contribution in [0.5, 0.6) is 5.75 Å². The third kappa shape index (κ3) is 4.58. The molecule has 0 saturated carbocycles. The van der Waals surface area contributed by atoms with E-state index in [1.165, 1.54) is 11.1 Å². The number of amides is 1. The monoisotopic (exact) mass is 464 g/mol. The number of rotatable bonds is 7. The zero-order valence-corrected chi connectivity index (χ0v) is 21.3. The molecule has 1 aromatic heterocycles. The molecular formula is C27H25N2NaO4. The fourth-order valence-corrected chi connectivity index (χ4v) is 5.13. The molecule has 0 bridgehead atoms. The van der Waals surface area contributed by atoms with Gasteiger partial charge < -0.3 is 24.9 Å². The Labute approximate surface area is 220 Å². The van der Waals surface area contributed by atoms with E-state index in [0.717, 1.165) is 58.6 Å². The van der Waals surface area contributed by atoms with Crippen LogP contribution in [0.4, 0.5) is 0 Å². The molecule has 0 spiro atoms. The van der Waals surface area contributed by atoms with E-state index in [9.17, 15) is 14.7 Å². The summed E-state index contributed by atoms with van der Waals surface area (Å²) in [6, 6.07) is 18.1. The average Bonchev–Trinajstić information content (AvgIpc) is 3.13. The number of aryl methyl sites for hydroxylation is 2. The molecular weight excluding hydrogens is 439 g/mol. The fourth-order valence-electron chi connectivity index (χ4n) is 5.13. The fraction of sp³-hybridized carbons (Fsp3) is 0.259. The van der Waals surface area contributed by atoms with Gasteiger partial charge in [-0.2, -0.15) is 0 Å². The normalized spacial score (nSPS) is 12.8. The summed E-state index contributed by atoms with van der Waals surface area (Å²) in [4.78, 5) is 23.1. The number of fused-ring (bicyclic) bond motifs is 5. The number of hydrogen-bond acceptors (Lipinski definition) is 4. The van der Waals surface area contributed by atoms with Crippen molar-refractivity contribution in [2.24, 2.45) is 5.73 Å². The first-order chi connectivity index (χ1) is 16.0. The van der Waals surface area contributed by atoms with Gasteiger partial charge in [-0.05, 0) is 60.1 Å². The first-order valence-corrected chi connectivity index (χ1v) is 11.3. The van der Waals surface area contributed by atoms with E-state index in [-0.39, 0.29) is 36.0 Å². The molecule has 5 rings (SSSR count). The van der Waals surface area contributed by atoms with Crippen LogP contribution in [0.3, 0.4) is 0 Å². The van der Waals surface area contributed by atoms with Crippen LogP contribution in [0, 0.1) is 0 Å². The second-order valence-electron chi connectivity index (χ2n) is 8.63. The third-order valence-electron chi connectivity index (χ3n) is 6.42. The molecule has 34 heavy (non-hydrogen) atoms. The smallest absolute Gasteiger partial charge is 0.546 e. The quantitative estimate of drug-likeness (QED) is 0.386. The molecule has 168 valence electrons. The van der Waals surface area contributed by atoms with Crippen molar-refractivity contribution in [3.8, 4) is 5.75 Å². The summed E-state index contributed by atoms with van der Waals surface area (Å²) < 4.78 is 8.07. The van der Waals surface area contributed by atoms with Gasteiger partial charge in [0.25, 0.3) is 0 Å². The van der Waals surface area contributed by atoms with E-state index in [1.807, 2.05) is 42.5 Å². The number of nitrogens with zero attached hydrogens (tertiary/aromatic N) is 1. The molecule has 0 aliphatic heterocycles. The average molecular weight is 464 g/mol. The van der Waals surface area contributed by atoms with E-state index < -0.39 is 18.5 Å². The standard InChI is InChI=1S/C27H26N2O4.Na/c28-23(30)14-19-10-6-12-21-25(19)26-22(33-16-24(31)32)13-18-9-4-5-11-20(18)27(26)29(21)15-17-7-2-1-3-8-17;/h1-3,6-8,10,12-13H,4-5,9,11,14-16H2,(H2,28,30)(H,31,32);/q;+1/p-1. The number of aromatic nitrogens is 1. The number of nitrogens with two attached hydrogens (primary N) is 1. The van der Waals surface area contributed by atoms with Gasteiger partial charge in [-0.15, -0.1) is 0 Å². The van der Waals surface area contributed by atoms with Crippen molar-refractivity contribution in [1.82, 2.24) is 4.57 Å². The van der Waals surface area contributed by atoms with Crippen LogP contribution < -0.4 is 45.1 Å². The number of ether oxygens (including phenoxy) is 1. The molecule has 6 nitrogen and oxygen atoms in total. The molecule has 4 aromatic rings. The number of aliphatic carboxylic acids is 1. The minimum absolute atomic E-state index is 0. The van der Waals surface area contributed by atoms with Crippen LogP contribution in [0.15, 0.2) is 54.6 Å². The van der Waals surface area contributed by atoms with E-state index in [2.05, 4.69) is 16.7 Å². The zero-order chi connectivity index (χ0) is 22.9. The molecule has 0 saturated heterocycles. The van der Waals surface area contributed by atoms with Crippen LogP contribution in [0.1, 0.15) is 35.1 Å². The van der Waals surface area contributed by atoms with Crippen molar-refractivity contribution in [3.05, 3.63) is 76.9 Å². The van der Waals surface area contributed by atoms with Crippen molar-refractivity contribution >= 4 is 33.7 Å². The Morgan fingerprint density at radius 1 is 1.00 bits per heavy atom. The minimum Gasteiger partial charge on any atom is -0.546 e. The van der Waals surface area contributed by atoms with Crippen LogP contribution in [-0.2, 0) is 35.4 Å². The van der Waals surface area contributed by atoms with Gasteiger partial charge in [0, 0.05) is 17.4 Å². The summed E-state index contributed by atoms with van der Waals surface area (Å²) in [6.07, 6.45) is 4.16.